The van der Waals surface area contributed by atoms with E-state index in [2.05, 4.69) is 5.32 Å². The topological polar surface area (TPSA) is 98.5 Å². The Bertz CT molecular complexity index is 828. The van der Waals surface area contributed by atoms with E-state index < -0.39 is 23.4 Å². The summed E-state index contributed by atoms with van der Waals surface area (Å²) >= 11 is 1.46. The minimum atomic E-state index is -0.668. The number of nitrogens with zero attached hydrogens (tertiary/aromatic N) is 1. The first-order valence-electron chi connectivity index (χ1n) is 7.31. The van der Waals surface area contributed by atoms with Crippen LogP contribution in [0.1, 0.15) is 16.0 Å². The summed E-state index contributed by atoms with van der Waals surface area (Å²) < 4.78 is 4.84. The van der Waals surface area contributed by atoms with E-state index in [1.54, 1.807) is 26.0 Å². The third kappa shape index (κ3) is 4.98. The number of amides is 1. The van der Waals surface area contributed by atoms with Crippen molar-refractivity contribution in [3.8, 4) is 0 Å². The minimum Gasteiger partial charge on any atom is -0.452 e. The Morgan fingerprint density at radius 3 is 2.72 bits per heavy atom. The highest BCUT2D eigenvalue weighted by Crippen LogP contribution is 2.30. The van der Waals surface area contributed by atoms with Gasteiger partial charge in [0.2, 0.25) is 0 Å². The van der Waals surface area contributed by atoms with Crippen LogP contribution in [0, 0.1) is 24.0 Å². The zero-order valence-corrected chi connectivity index (χ0v) is 14.5. The maximum absolute atomic E-state index is 12.0. The van der Waals surface area contributed by atoms with Crippen LogP contribution in [-0.2, 0) is 14.3 Å². The van der Waals surface area contributed by atoms with Crippen LogP contribution in [0.25, 0.3) is 6.08 Å². The Hall–Kier alpha value is -3.00. The standard InChI is InChI=1S/C17H16N2O5S/c1-11-5-7-14(19(22)23)17(12(11)2)18-15(20)10-24-16(21)8-6-13-4-3-9-25-13/h3-9H,10H2,1-2H3,(H,18,20)/b8-6+. The van der Waals surface area contributed by atoms with Crippen LogP contribution < -0.4 is 5.32 Å². The average Bonchev–Trinajstić information content (AvgIpc) is 3.08. The summed E-state index contributed by atoms with van der Waals surface area (Å²) in [5, 5.41) is 15.4. The Labute approximate surface area is 148 Å². The van der Waals surface area contributed by atoms with Crippen LogP contribution in [0.2, 0.25) is 0 Å². The van der Waals surface area contributed by atoms with E-state index in [4.69, 9.17) is 4.74 Å². The summed E-state index contributed by atoms with van der Waals surface area (Å²) in [5.41, 5.74) is 1.30. The molecular formula is C17H16N2O5S. The van der Waals surface area contributed by atoms with E-state index in [0.717, 1.165) is 10.4 Å². The average molecular weight is 360 g/mol. The molecule has 0 saturated heterocycles. The molecule has 0 bridgehead atoms. The second-order valence-corrected chi connectivity index (χ2v) is 6.14. The van der Waals surface area contributed by atoms with E-state index in [-0.39, 0.29) is 11.4 Å². The van der Waals surface area contributed by atoms with Crippen molar-refractivity contribution in [1.29, 1.82) is 0 Å². The zero-order chi connectivity index (χ0) is 18.4. The molecule has 0 saturated carbocycles. The number of anilines is 1. The van der Waals surface area contributed by atoms with Crippen molar-refractivity contribution in [3.63, 3.8) is 0 Å². The number of nitro groups is 1. The molecule has 25 heavy (non-hydrogen) atoms. The summed E-state index contributed by atoms with van der Waals surface area (Å²) in [4.78, 5) is 35.0. The monoisotopic (exact) mass is 360 g/mol. The number of rotatable bonds is 6. The van der Waals surface area contributed by atoms with Gasteiger partial charge in [-0.1, -0.05) is 12.1 Å². The summed E-state index contributed by atoms with van der Waals surface area (Å²) in [5.74, 6) is -1.31. The largest absolute Gasteiger partial charge is 0.452 e. The van der Waals surface area contributed by atoms with Crippen LogP contribution in [0.5, 0.6) is 0 Å². The fourth-order valence-corrected chi connectivity index (χ4v) is 2.63. The maximum atomic E-state index is 12.0. The van der Waals surface area contributed by atoms with Gasteiger partial charge < -0.3 is 10.1 Å². The summed E-state index contributed by atoms with van der Waals surface area (Å²) in [6.07, 6.45) is 2.81. The predicted molar refractivity (Wildman–Crippen MR) is 95.5 cm³/mol. The van der Waals surface area contributed by atoms with Gasteiger partial charge in [0, 0.05) is 17.0 Å². The predicted octanol–water partition coefficient (Wildman–Crippen LogP) is 3.47. The molecule has 2 aromatic rings. The van der Waals surface area contributed by atoms with Gasteiger partial charge in [0.05, 0.1) is 4.92 Å². The zero-order valence-electron chi connectivity index (χ0n) is 13.6. The number of esters is 1. The first kappa shape index (κ1) is 18.3. The van der Waals surface area contributed by atoms with Crippen LogP contribution in [0.15, 0.2) is 35.7 Å². The van der Waals surface area contributed by atoms with Crippen molar-refractivity contribution in [2.75, 3.05) is 11.9 Å². The van der Waals surface area contributed by atoms with E-state index in [9.17, 15) is 19.7 Å². The first-order valence-corrected chi connectivity index (χ1v) is 8.19. The smallest absolute Gasteiger partial charge is 0.331 e. The number of ether oxygens (including phenoxy) is 1. The molecule has 8 heteroatoms. The Morgan fingerprint density at radius 1 is 1.32 bits per heavy atom. The van der Waals surface area contributed by atoms with Gasteiger partial charge in [0.1, 0.15) is 5.69 Å². The van der Waals surface area contributed by atoms with Gasteiger partial charge in [0.25, 0.3) is 11.6 Å². The number of carbonyl (C=O) groups is 2. The normalized spacial score (nSPS) is 10.6. The molecule has 1 N–H and O–H groups in total. The molecule has 1 aromatic heterocycles. The summed E-state index contributed by atoms with van der Waals surface area (Å²) in [6, 6.07) is 6.62. The SMILES string of the molecule is Cc1ccc([N+](=O)[O-])c(NC(=O)COC(=O)/C=C/c2cccs2)c1C. The van der Waals surface area contributed by atoms with Crippen molar-refractivity contribution < 1.29 is 19.2 Å². The molecule has 0 spiro atoms. The van der Waals surface area contributed by atoms with Crippen molar-refractivity contribution in [3.05, 3.63) is 61.8 Å². The fraction of sp³-hybridized carbons (Fsp3) is 0.176. The minimum absolute atomic E-state index is 0.111. The molecule has 7 nitrogen and oxygen atoms in total. The number of hydrogen-bond donors (Lipinski definition) is 1. The van der Waals surface area contributed by atoms with Crippen LogP contribution in [0.3, 0.4) is 0 Å². The van der Waals surface area contributed by atoms with E-state index in [1.165, 1.54) is 23.5 Å². The molecule has 0 radical (unpaired) electrons. The van der Waals surface area contributed by atoms with Crippen molar-refractivity contribution in [1.82, 2.24) is 0 Å². The van der Waals surface area contributed by atoms with E-state index in [1.807, 2.05) is 17.5 Å². The van der Waals surface area contributed by atoms with Gasteiger partial charge in [-0.05, 0) is 42.5 Å². The summed E-state index contributed by atoms with van der Waals surface area (Å²) in [6.45, 7) is 2.93. The molecule has 1 heterocycles. The third-order valence-electron chi connectivity index (χ3n) is 3.45. The lowest BCUT2D eigenvalue weighted by Gasteiger charge is -2.11. The van der Waals surface area contributed by atoms with Crippen LogP contribution >= 0.6 is 11.3 Å². The highest BCUT2D eigenvalue weighted by Gasteiger charge is 2.19. The Morgan fingerprint density at radius 2 is 2.08 bits per heavy atom. The number of hydrogen-bond acceptors (Lipinski definition) is 6. The first-order chi connectivity index (χ1) is 11.9. The Kier molecular flexibility index (Phi) is 6.02. The molecule has 0 unspecified atom stereocenters. The number of carbonyl (C=O) groups excluding carboxylic acids is 2. The van der Waals surface area contributed by atoms with E-state index >= 15 is 0 Å². The molecular weight excluding hydrogens is 344 g/mol. The lowest BCUT2D eigenvalue weighted by atomic mass is 10.1. The van der Waals surface area contributed by atoms with Crippen molar-refractivity contribution in [2.24, 2.45) is 0 Å². The van der Waals surface area contributed by atoms with Gasteiger partial charge in [-0.2, -0.15) is 0 Å². The second-order valence-electron chi connectivity index (χ2n) is 5.16. The quantitative estimate of drug-likeness (QED) is 0.368. The molecule has 0 aliphatic heterocycles. The highest BCUT2D eigenvalue weighted by atomic mass is 32.1. The van der Waals surface area contributed by atoms with E-state index in [0.29, 0.717) is 5.56 Å². The number of thiophene rings is 1. The van der Waals surface area contributed by atoms with Gasteiger partial charge in [-0.3, -0.25) is 14.9 Å². The van der Waals surface area contributed by atoms with Crippen LogP contribution in [0.4, 0.5) is 11.4 Å². The van der Waals surface area contributed by atoms with Gasteiger partial charge in [-0.25, -0.2) is 4.79 Å². The molecule has 2 rings (SSSR count). The van der Waals surface area contributed by atoms with Gasteiger partial charge >= 0.3 is 5.97 Å². The molecule has 0 atom stereocenters. The number of nitrogens with one attached hydrogen (secondary N) is 1. The Balaban J connectivity index is 1.98. The summed E-state index contributed by atoms with van der Waals surface area (Å²) in [7, 11) is 0. The van der Waals surface area contributed by atoms with Gasteiger partial charge in [0.15, 0.2) is 6.61 Å². The number of benzene rings is 1. The number of aryl methyl sites for hydroxylation is 1. The molecule has 1 amide bonds. The molecule has 0 fully saturated rings. The lowest BCUT2D eigenvalue weighted by Crippen LogP contribution is -2.21. The third-order valence-corrected chi connectivity index (χ3v) is 4.28. The lowest BCUT2D eigenvalue weighted by molar-refractivity contribution is -0.384. The molecule has 1 aromatic carbocycles. The number of nitro benzene ring substituents is 1. The van der Waals surface area contributed by atoms with Gasteiger partial charge in [-0.15, -0.1) is 11.3 Å². The van der Waals surface area contributed by atoms with Crippen LogP contribution in [-0.4, -0.2) is 23.4 Å². The maximum Gasteiger partial charge on any atom is 0.331 e. The van der Waals surface area contributed by atoms with Crippen molar-refractivity contribution in [2.45, 2.75) is 13.8 Å². The molecule has 0 aliphatic rings. The fourth-order valence-electron chi connectivity index (χ4n) is 2.01. The van der Waals surface area contributed by atoms with Crippen molar-refractivity contribution >= 4 is 40.7 Å². The second kappa shape index (κ2) is 8.20. The molecule has 0 aliphatic carbocycles. The highest BCUT2D eigenvalue weighted by molar-refractivity contribution is 7.10. The molecule has 130 valence electrons.